The first kappa shape index (κ1) is 18.1. The Morgan fingerprint density at radius 3 is 2.65 bits per heavy atom. The third kappa shape index (κ3) is 3.92. The van der Waals surface area contributed by atoms with Crippen molar-refractivity contribution in [1.82, 2.24) is 4.57 Å². The number of ether oxygens (including phenoxy) is 2. The fraction of sp³-hybridized carbons (Fsp3) is 0.211. The molecule has 0 spiro atoms. The van der Waals surface area contributed by atoms with Gasteiger partial charge in [-0.2, -0.15) is 0 Å². The summed E-state index contributed by atoms with van der Waals surface area (Å²) in [5.74, 6) is 0.534. The van der Waals surface area contributed by atoms with Gasteiger partial charge in [-0.1, -0.05) is 29.8 Å². The number of anilines is 2. The van der Waals surface area contributed by atoms with Crippen molar-refractivity contribution in [2.45, 2.75) is 6.54 Å². The van der Waals surface area contributed by atoms with Crippen molar-refractivity contribution in [3.8, 4) is 5.75 Å². The topological polar surface area (TPSA) is 64.5 Å². The first-order chi connectivity index (χ1) is 12.6. The second-order valence-corrected chi connectivity index (χ2v) is 6.11. The molecule has 3 aromatic rings. The molecule has 6 nitrogen and oxygen atoms in total. The van der Waals surface area contributed by atoms with Gasteiger partial charge >= 0.3 is 6.03 Å². The van der Waals surface area contributed by atoms with E-state index in [0.29, 0.717) is 29.6 Å². The maximum absolute atomic E-state index is 12.5. The molecule has 2 amide bonds. The van der Waals surface area contributed by atoms with Gasteiger partial charge in [-0.05, 0) is 24.3 Å². The minimum absolute atomic E-state index is 0.375. The molecule has 1 heterocycles. The molecule has 7 heteroatoms. The molecule has 3 rings (SSSR count). The lowest BCUT2D eigenvalue weighted by Gasteiger charge is -2.11. The van der Waals surface area contributed by atoms with Crippen molar-refractivity contribution in [3.05, 3.63) is 53.7 Å². The van der Waals surface area contributed by atoms with Gasteiger partial charge in [0.05, 0.1) is 30.6 Å². The fourth-order valence-corrected chi connectivity index (χ4v) is 2.95. The third-order valence-electron chi connectivity index (χ3n) is 3.98. The summed E-state index contributed by atoms with van der Waals surface area (Å²) in [6.45, 7) is 1.28. The number of nitrogens with one attached hydrogen (secondary N) is 2. The van der Waals surface area contributed by atoms with Crippen LogP contribution in [0.4, 0.5) is 16.2 Å². The Kier molecular flexibility index (Phi) is 5.65. The Morgan fingerprint density at radius 2 is 1.88 bits per heavy atom. The van der Waals surface area contributed by atoms with Crippen molar-refractivity contribution in [2.75, 3.05) is 31.5 Å². The largest absolute Gasteiger partial charge is 0.495 e. The lowest BCUT2D eigenvalue weighted by atomic mass is 10.2. The molecule has 0 aliphatic heterocycles. The van der Waals surface area contributed by atoms with E-state index >= 15 is 0 Å². The van der Waals surface area contributed by atoms with Gasteiger partial charge < -0.3 is 24.7 Å². The molecule has 0 radical (unpaired) electrons. The van der Waals surface area contributed by atoms with Crippen molar-refractivity contribution in [3.63, 3.8) is 0 Å². The van der Waals surface area contributed by atoms with Crippen LogP contribution in [0.2, 0.25) is 5.02 Å². The van der Waals surface area contributed by atoms with E-state index in [-0.39, 0.29) is 6.03 Å². The van der Waals surface area contributed by atoms with Gasteiger partial charge in [0, 0.05) is 30.3 Å². The number of halogens is 1. The van der Waals surface area contributed by atoms with E-state index < -0.39 is 0 Å². The highest BCUT2D eigenvalue weighted by Gasteiger charge is 2.13. The number of benzene rings is 2. The molecule has 0 aliphatic rings. The molecule has 26 heavy (non-hydrogen) atoms. The van der Waals surface area contributed by atoms with Crippen LogP contribution in [0.3, 0.4) is 0 Å². The van der Waals surface area contributed by atoms with E-state index in [9.17, 15) is 4.79 Å². The zero-order valence-corrected chi connectivity index (χ0v) is 15.3. The van der Waals surface area contributed by atoms with Crippen LogP contribution in [0, 0.1) is 0 Å². The van der Waals surface area contributed by atoms with Crippen LogP contribution in [-0.2, 0) is 11.3 Å². The van der Waals surface area contributed by atoms with Crippen LogP contribution < -0.4 is 15.4 Å². The average molecular weight is 374 g/mol. The number of urea groups is 1. The van der Waals surface area contributed by atoms with E-state index in [2.05, 4.69) is 15.2 Å². The van der Waals surface area contributed by atoms with Gasteiger partial charge in [0.1, 0.15) is 5.75 Å². The Hall–Kier alpha value is -2.70. The van der Waals surface area contributed by atoms with Gasteiger partial charge in [-0.25, -0.2) is 4.79 Å². The number of rotatable bonds is 6. The number of carbonyl (C=O) groups excluding carboxylic acids is 1. The molecule has 0 fully saturated rings. The van der Waals surface area contributed by atoms with Gasteiger partial charge in [0.25, 0.3) is 0 Å². The number of hydrogen-bond acceptors (Lipinski definition) is 3. The highest BCUT2D eigenvalue weighted by atomic mass is 35.5. The van der Waals surface area contributed by atoms with E-state index in [1.807, 2.05) is 30.5 Å². The van der Waals surface area contributed by atoms with Crippen LogP contribution in [0.25, 0.3) is 10.9 Å². The van der Waals surface area contributed by atoms with E-state index in [1.165, 1.54) is 7.11 Å². The number of carbonyl (C=O) groups is 1. The Labute approximate surface area is 156 Å². The van der Waals surface area contributed by atoms with E-state index in [0.717, 1.165) is 16.6 Å². The lowest BCUT2D eigenvalue weighted by Crippen LogP contribution is -2.19. The molecule has 1 aromatic heterocycles. The average Bonchev–Trinajstić information content (AvgIpc) is 2.98. The van der Waals surface area contributed by atoms with Crippen molar-refractivity contribution >= 4 is 39.9 Å². The van der Waals surface area contributed by atoms with Crippen LogP contribution in [0.5, 0.6) is 5.75 Å². The number of fused-ring (bicyclic) bond motifs is 1. The maximum Gasteiger partial charge on any atom is 0.323 e. The molecule has 0 bridgehead atoms. The summed E-state index contributed by atoms with van der Waals surface area (Å²) in [4.78, 5) is 12.5. The second-order valence-electron chi connectivity index (χ2n) is 5.67. The molecule has 2 N–H and O–H groups in total. The zero-order valence-electron chi connectivity index (χ0n) is 14.6. The molecule has 0 saturated carbocycles. The van der Waals surface area contributed by atoms with Crippen molar-refractivity contribution in [1.29, 1.82) is 0 Å². The molecule has 136 valence electrons. The van der Waals surface area contributed by atoms with E-state index in [1.54, 1.807) is 25.3 Å². The quantitative estimate of drug-likeness (QED) is 0.664. The molecular formula is C19H20ClN3O3. The van der Waals surface area contributed by atoms with E-state index in [4.69, 9.17) is 21.1 Å². The van der Waals surface area contributed by atoms with Crippen molar-refractivity contribution in [2.24, 2.45) is 0 Å². The highest BCUT2D eigenvalue weighted by molar-refractivity contribution is 6.31. The molecule has 0 unspecified atom stereocenters. The predicted molar refractivity (Wildman–Crippen MR) is 104 cm³/mol. The van der Waals surface area contributed by atoms with Crippen molar-refractivity contribution < 1.29 is 14.3 Å². The minimum atomic E-state index is -0.375. The molecule has 0 saturated heterocycles. The second kappa shape index (κ2) is 8.12. The maximum atomic E-state index is 12.5. The van der Waals surface area contributed by atoms with Gasteiger partial charge in [0.15, 0.2) is 0 Å². The summed E-state index contributed by atoms with van der Waals surface area (Å²) < 4.78 is 12.5. The number of hydrogen-bond donors (Lipinski definition) is 2. The number of amides is 2. The summed E-state index contributed by atoms with van der Waals surface area (Å²) in [7, 11) is 3.20. The minimum Gasteiger partial charge on any atom is -0.495 e. The summed E-state index contributed by atoms with van der Waals surface area (Å²) >= 11 is 6.00. The number of para-hydroxylation sites is 1. The fourth-order valence-electron chi connectivity index (χ4n) is 2.77. The Balaban J connectivity index is 1.82. The van der Waals surface area contributed by atoms with Crippen LogP contribution in [0.15, 0.2) is 48.7 Å². The standard InChI is InChI=1S/C19H20ClN3O3/c1-25-10-9-23-12-16(14-5-3-4-6-17(14)23)22-19(24)21-15-11-13(20)7-8-18(15)26-2/h3-8,11-12H,9-10H2,1-2H3,(H2,21,22,24). The molecular weight excluding hydrogens is 354 g/mol. The zero-order chi connectivity index (χ0) is 18.5. The monoisotopic (exact) mass is 373 g/mol. The Bertz CT molecular complexity index is 924. The normalized spacial score (nSPS) is 10.7. The molecule has 2 aromatic carbocycles. The molecule has 0 atom stereocenters. The summed E-state index contributed by atoms with van der Waals surface area (Å²) in [6.07, 6.45) is 1.90. The van der Waals surface area contributed by atoms with Crippen LogP contribution in [0.1, 0.15) is 0 Å². The number of methoxy groups -OCH3 is 2. The van der Waals surface area contributed by atoms with Crippen LogP contribution in [-0.4, -0.2) is 31.4 Å². The SMILES string of the molecule is COCCn1cc(NC(=O)Nc2cc(Cl)ccc2OC)c2ccccc21. The Morgan fingerprint density at radius 1 is 1.12 bits per heavy atom. The van der Waals surface area contributed by atoms with Crippen LogP contribution >= 0.6 is 11.6 Å². The molecule has 0 aliphatic carbocycles. The summed E-state index contributed by atoms with van der Waals surface area (Å²) in [6, 6.07) is 12.5. The third-order valence-corrected chi connectivity index (χ3v) is 4.22. The van der Waals surface area contributed by atoms with Gasteiger partial charge in [0.2, 0.25) is 0 Å². The predicted octanol–water partition coefficient (Wildman–Crippen LogP) is 4.59. The number of aromatic nitrogens is 1. The van der Waals surface area contributed by atoms with Gasteiger partial charge in [-0.15, -0.1) is 0 Å². The first-order valence-electron chi connectivity index (χ1n) is 8.10. The number of nitrogens with zero attached hydrogens (tertiary/aromatic N) is 1. The van der Waals surface area contributed by atoms with Gasteiger partial charge in [-0.3, -0.25) is 0 Å². The first-order valence-corrected chi connectivity index (χ1v) is 8.48. The summed E-state index contributed by atoms with van der Waals surface area (Å²) in [5, 5.41) is 7.13. The summed E-state index contributed by atoms with van der Waals surface area (Å²) in [5.41, 5.74) is 2.25. The lowest BCUT2D eigenvalue weighted by molar-refractivity contribution is 0.188. The smallest absolute Gasteiger partial charge is 0.323 e. The highest BCUT2D eigenvalue weighted by Crippen LogP contribution is 2.29.